The molecular weight excluding hydrogens is 128 g/mol. The van der Waals surface area contributed by atoms with Gasteiger partial charge >= 0.3 is 0 Å². The largest absolute Gasteiger partial charge is 0.448 e. The van der Waals surface area contributed by atoms with E-state index < -0.39 is 0 Å². The van der Waals surface area contributed by atoms with Crippen LogP contribution in [0.2, 0.25) is 0 Å². The van der Waals surface area contributed by atoms with E-state index in [1.807, 2.05) is 0 Å². The predicted octanol–water partition coefficient (Wildman–Crippen LogP) is 0.663. The number of rotatable bonds is 0. The van der Waals surface area contributed by atoms with Crippen LogP contribution >= 0.6 is 0 Å². The summed E-state index contributed by atoms with van der Waals surface area (Å²) in [6.45, 7) is 2.02. The molecule has 1 aliphatic heterocycles. The molecule has 0 amide bonds. The highest BCUT2D eigenvalue weighted by molar-refractivity contribution is 5.10. The van der Waals surface area contributed by atoms with E-state index in [1.54, 1.807) is 0 Å². The van der Waals surface area contributed by atoms with Crippen LogP contribution in [-0.2, 0) is 13.0 Å². The molecule has 0 atom stereocenters. The summed E-state index contributed by atoms with van der Waals surface area (Å²) in [5, 5.41) is 0. The molecule has 3 heteroatoms. The molecule has 3 nitrogen and oxygen atoms in total. The number of nitrogens with zero attached hydrogens (tertiary/aromatic N) is 2. The molecule has 0 aliphatic carbocycles. The van der Waals surface area contributed by atoms with Crippen LogP contribution in [0.15, 0.2) is 10.8 Å². The van der Waals surface area contributed by atoms with Crippen molar-refractivity contribution >= 4 is 0 Å². The average Bonchev–Trinajstić information content (AvgIpc) is 2.33. The summed E-state index contributed by atoms with van der Waals surface area (Å²) in [5.41, 5.74) is 1.11. The predicted molar refractivity (Wildman–Crippen MR) is 36.5 cm³/mol. The van der Waals surface area contributed by atoms with Crippen LogP contribution < -0.4 is 0 Å². The topological polar surface area (TPSA) is 29.3 Å². The Morgan fingerprint density at radius 2 is 2.60 bits per heavy atom. The molecule has 10 heavy (non-hydrogen) atoms. The summed E-state index contributed by atoms with van der Waals surface area (Å²) in [5.74, 6) is 1.07. The molecule has 0 spiro atoms. The maximum absolute atomic E-state index is 5.17. The van der Waals surface area contributed by atoms with Crippen LogP contribution in [-0.4, -0.2) is 23.5 Å². The lowest BCUT2D eigenvalue weighted by Crippen LogP contribution is -2.25. The van der Waals surface area contributed by atoms with Crippen molar-refractivity contribution < 1.29 is 4.42 Å². The van der Waals surface area contributed by atoms with Gasteiger partial charge in [0.15, 0.2) is 6.39 Å². The highest BCUT2D eigenvalue weighted by Crippen LogP contribution is 2.14. The third-order valence-electron chi connectivity index (χ3n) is 1.87. The van der Waals surface area contributed by atoms with Gasteiger partial charge in [-0.3, -0.25) is 4.90 Å². The second-order valence-corrected chi connectivity index (χ2v) is 2.71. The fourth-order valence-corrected chi connectivity index (χ4v) is 1.25. The monoisotopic (exact) mass is 138 g/mol. The summed E-state index contributed by atoms with van der Waals surface area (Å²) in [6, 6.07) is 0. The van der Waals surface area contributed by atoms with Gasteiger partial charge in [-0.15, -0.1) is 0 Å². The van der Waals surface area contributed by atoms with Gasteiger partial charge in [0.1, 0.15) is 5.76 Å². The second-order valence-electron chi connectivity index (χ2n) is 2.71. The smallest absolute Gasteiger partial charge is 0.181 e. The van der Waals surface area contributed by atoms with Crippen molar-refractivity contribution in [2.24, 2.45) is 0 Å². The zero-order chi connectivity index (χ0) is 6.97. The summed E-state index contributed by atoms with van der Waals surface area (Å²) < 4.78 is 5.17. The minimum Gasteiger partial charge on any atom is -0.448 e. The Kier molecular flexibility index (Phi) is 1.24. The Morgan fingerprint density at radius 3 is 3.50 bits per heavy atom. The summed E-state index contributed by atoms with van der Waals surface area (Å²) in [7, 11) is 2.09. The first-order valence-electron chi connectivity index (χ1n) is 3.46. The number of fused-ring (bicyclic) bond motifs is 1. The molecule has 0 N–H and O–H groups in total. The van der Waals surface area contributed by atoms with Gasteiger partial charge in [0.25, 0.3) is 0 Å². The zero-order valence-corrected chi connectivity index (χ0v) is 6.00. The first-order chi connectivity index (χ1) is 4.86. The lowest BCUT2D eigenvalue weighted by atomic mass is 10.2. The fraction of sp³-hybridized carbons (Fsp3) is 0.571. The Balaban J connectivity index is 2.30. The van der Waals surface area contributed by atoms with Crippen LogP contribution in [0.5, 0.6) is 0 Å². The lowest BCUT2D eigenvalue weighted by molar-refractivity contribution is 0.292. The van der Waals surface area contributed by atoms with Crippen LogP contribution in [0.4, 0.5) is 0 Å². The van der Waals surface area contributed by atoms with Gasteiger partial charge in [0.2, 0.25) is 0 Å². The van der Waals surface area contributed by atoms with Gasteiger partial charge < -0.3 is 4.42 Å². The molecule has 1 aromatic rings. The molecule has 0 fully saturated rings. The van der Waals surface area contributed by atoms with Gasteiger partial charge in [-0.1, -0.05) is 0 Å². The van der Waals surface area contributed by atoms with Gasteiger partial charge in [-0.2, -0.15) is 0 Å². The van der Waals surface area contributed by atoms with Crippen molar-refractivity contribution in [3.63, 3.8) is 0 Å². The van der Waals surface area contributed by atoms with Crippen molar-refractivity contribution in [3.05, 3.63) is 17.8 Å². The first-order valence-corrected chi connectivity index (χ1v) is 3.46. The quantitative estimate of drug-likeness (QED) is 0.527. The van der Waals surface area contributed by atoms with Crippen LogP contribution in [0, 0.1) is 0 Å². The number of aromatic nitrogens is 1. The normalized spacial score (nSPS) is 18.9. The molecule has 0 unspecified atom stereocenters. The van der Waals surface area contributed by atoms with E-state index in [9.17, 15) is 0 Å². The molecule has 0 bridgehead atoms. The van der Waals surface area contributed by atoms with Crippen molar-refractivity contribution in [3.8, 4) is 0 Å². The van der Waals surface area contributed by atoms with Gasteiger partial charge in [-0.25, -0.2) is 4.98 Å². The van der Waals surface area contributed by atoms with E-state index in [4.69, 9.17) is 4.42 Å². The summed E-state index contributed by atoms with van der Waals surface area (Å²) in [4.78, 5) is 6.34. The maximum Gasteiger partial charge on any atom is 0.181 e. The standard InChI is InChI=1S/C7H10N2O/c1-9-3-2-7-6(4-9)8-5-10-7/h5H,2-4H2,1H3. The van der Waals surface area contributed by atoms with E-state index in [0.717, 1.165) is 31.0 Å². The molecule has 54 valence electrons. The molecular formula is C7H10N2O. The molecule has 1 aliphatic rings. The maximum atomic E-state index is 5.17. The minimum absolute atomic E-state index is 0.936. The third-order valence-corrected chi connectivity index (χ3v) is 1.87. The van der Waals surface area contributed by atoms with E-state index in [0.29, 0.717) is 0 Å². The van der Waals surface area contributed by atoms with E-state index >= 15 is 0 Å². The second kappa shape index (κ2) is 2.09. The van der Waals surface area contributed by atoms with E-state index in [-0.39, 0.29) is 0 Å². The molecule has 0 aromatic carbocycles. The van der Waals surface area contributed by atoms with Crippen LogP contribution in [0.25, 0.3) is 0 Å². The number of hydrogen-bond donors (Lipinski definition) is 0. The van der Waals surface area contributed by atoms with Crippen molar-refractivity contribution in [2.45, 2.75) is 13.0 Å². The highest BCUT2D eigenvalue weighted by Gasteiger charge is 2.16. The van der Waals surface area contributed by atoms with E-state index in [2.05, 4.69) is 16.9 Å². The number of likely N-dealkylation sites (N-methyl/N-ethyl adjacent to an activating group) is 1. The van der Waals surface area contributed by atoms with Gasteiger partial charge in [-0.05, 0) is 7.05 Å². The minimum atomic E-state index is 0.936. The molecule has 0 radical (unpaired) electrons. The molecule has 1 aromatic heterocycles. The number of hydrogen-bond acceptors (Lipinski definition) is 3. The highest BCUT2D eigenvalue weighted by atomic mass is 16.3. The molecule has 0 saturated carbocycles. The van der Waals surface area contributed by atoms with Crippen molar-refractivity contribution in [1.82, 2.24) is 9.88 Å². The summed E-state index contributed by atoms with van der Waals surface area (Å²) in [6.07, 6.45) is 2.54. The molecule has 0 saturated heterocycles. The van der Waals surface area contributed by atoms with E-state index in [1.165, 1.54) is 6.39 Å². The van der Waals surface area contributed by atoms with Gasteiger partial charge in [0.05, 0.1) is 5.69 Å². The Labute approximate surface area is 59.7 Å². The fourth-order valence-electron chi connectivity index (χ4n) is 1.25. The average molecular weight is 138 g/mol. The first kappa shape index (κ1) is 5.92. The lowest BCUT2D eigenvalue weighted by Gasteiger charge is -2.19. The van der Waals surface area contributed by atoms with Crippen molar-refractivity contribution in [2.75, 3.05) is 13.6 Å². The Morgan fingerprint density at radius 1 is 1.70 bits per heavy atom. The van der Waals surface area contributed by atoms with Crippen LogP contribution in [0.1, 0.15) is 11.5 Å². The Bertz CT molecular complexity index is 231. The molecule has 2 rings (SSSR count). The van der Waals surface area contributed by atoms with Gasteiger partial charge in [0, 0.05) is 19.5 Å². The Hall–Kier alpha value is -0.830. The SMILES string of the molecule is CN1CCc2ocnc2C1. The zero-order valence-electron chi connectivity index (χ0n) is 6.00. The molecule has 2 heterocycles. The van der Waals surface area contributed by atoms with Crippen LogP contribution in [0.3, 0.4) is 0 Å². The number of oxazole rings is 1. The summed E-state index contributed by atoms with van der Waals surface area (Å²) >= 11 is 0. The van der Waals surface area contributed by atoms with Crippen molar-refractivity contribution in [1.29, 1.82) is 0 Å². The third kappa shape index (κ3) is 0.827.